The molecule has 0 unspecified atom stereocenters. The number of halogens is 4. The van der Waals surface area contributed by atoms with Crippen molar-refractivity contribution in [1.82, 2.24) is 0 Å². The maximum atomic E-state index is 13.3. The molecule has 2 rings (SSSR count). The number of hydrogen-bond acceptors (Lipinski definition) is 3. The first-order valence-corrected chi connectivity index (χ1v) is 9.11. The van der Waals surface area contributed by atoms with Gasteiger partial charge >= 0.3 is 6.18 Å². The molecule has 2 aromatic carbocycles. The summed E-state index contributed by atoms with van der Waals surface area (Å²) in [5.74, 6) is -0.413. The van der Waals surface area contributed by atoms with Gasteiger partial charge in [-0.15, -0.1) is 0 Å². The van der Waals surface area contributed by atoms with E-state index in [0.717, 1.165) is 16.6 Å². The predicted molar refractivity (Wildman–Crippen MR) is 103 cm³/mol. The van der Waals surface area contributed by atoms with Gasteiger partial charge in [-0.25, -0.2) is 0 Å². The number of nitrogens with one attached hydrogen (secondary N) is 2. The SMILES string of the molecule is CC(=O)Nc1ccc(NC(=O)CCCOc2ccc(Br)cc2)c(C(F)(F)F)c1. The Labute approximate surface area is 168 Å². The molecule has 5 nitrogen and oxygen atoms in total. The van der Waals surface area contributed by atoms with Crippen LogP contribution in [-0.4, -0.2) is 18.4 Å². The molecule has 0 atom stereocenters. The molecule has 0 fully saturated rings. The lowest BCUT2D eigenvalue weighted by Crippen LogP contribution is -2.18. The third-order valence-electron chi connectivity index (χ3n) is 3.55. The molecule has 9 heteroatoms. The molecule has 150 valence electrons. The first-order chi connectivity index (χ1) is 13.1. The van der Waals surface area contributed by atoms with Crippen LogP contribution in [0, 0.1) is 0 Å². The van der Waals surface area contributed by atoms with E-state index < -0.39 is 23.6 Å². The molecule has 0 heterocycles. The molecular weight excluding hydrogens is 441 g/mol. The van der Waals surface area contributed by atoms with Crippen LogP contribution in [0.15, 0.2) is 46.9 Å². The van der Waals surface area contributed by atoms with Crippen LogP contribution in [0.5, 0.6) is 5.75 Å². The van der Waals surface area contributed by atoms with E-state index >= 15 is 0 Å². The molecule has 28 heavy (non-hydrogen) atoms. The van der Waals surface area contributed by atoms with E-state index in [1.807, 2.05) is 12.1 Å². The molecular formula is C19H18BrF3N2O3. The molecule has 0 radical (unpaired) electrons. The lowest BCUT2D eigenvalue weighted by Gasteiger charge is -2.15. The number of hydrogen-bond donors (Lipinski definition) is 2. The van der Waals surface area contributed by atoms with Crippen molar-refractivity contribution in [2.24, 2.45) is 0 Å². The third-order valence-corrected chi connectivity index (χ3v) is 4.08. The zero-order valence-corrected chi connectivity index (χ0v) is 16.5. The second kappa shape index (κ2) is 9.59. The van der Waals surface area contributed by atoms with Gasteiger partial charge in [0, 0.05) is 23.5 Å². The summed E-state index contributed by atoms with van der Waals surface area (Å²) < 4.78 is 46.1. The Balaban J connectivity index is 1.93. The van der Waals surface area contributed by atoms with Crippen LogP contribution >= 0.6 is 15.9 Å². The maximum Gasteiger partial charge on any atom is 0.418 e. The monoisotopic (exact) mass is 458 g/mol. The number of ether oxygens (including phenoxy) is 1. The highest BCUT2D eigenvalue weighted by Gasteiger charge is 2.34. The number of amides is 2. The van der Waals surface area contributed by atoms with Crippen molar-refractivity contribution in [3.05, 3.63) is 52.5 Å². The Morgan fingerprint density at radius 1 is 1.07 bits per heavy atom. The third kappa shape index (κ3) is 6.88. The minimum absolute atomic E-state index is 0.000668. The molecule has 0 bridgehead atoms. The highest BCUT2D eigenvalue weighted by Crippen LogP contribution is 2.36. The number of benzene rings is 2. The summed E-state index contributed by atoms with van der Waals surface area (Å²) in [6.45, 7) is 1.45. The fourth-order valence-corrected chi connectivity index (χ4v) is 2.60. The normalized spacial score (nSPS) is 11.0. The molecule has 2 aromatic rings. The Bertz CT molecular complexity index is 839. The van der Waals surface area contributed by atoms with Gasteiger partial charge in [-0.3, -0.25) is 9.59 Å². The first-order valence-electron chi connectivity index (χ1n) is 8.32. The van der Waals surface area contributed by atoms with Crippen molar-refractivity contribution in [2.75, 3.05) is 17.2 Å². The standard InChI is InChI=1S/C19H18BrF3N2O3/c1-12(26)24-14-6-9-17(16(11-14)19(21,22)23)25-18(27)3-2-10-28-15-7-4-13(20)5-8-15/h4-9,11H,2-3,10H2,1H3,(H,24,26)(H,25,27). The number of carbonyl (C=O) groups excluding carboxylic acids is 2. The number of carbonyl (C=O) groups is 2. The molecule has 0 aliphatic rings. The van der Waals surface area contributed by atoms with E-state index in [2.05, 4.69) is 26.6 Å². The van der Waals surface area contributed by atoms with Gasteiger partial charge in [-0.05, 0) is 48.9 Å². The highest BCUT2D eigenvalue weighted by atomic mass is 79.9. The lowest BCUT2D eigenvalue weighted by atomic mass is 10.1. The quantitative estimate of drug-likeness (QED) is 0.558. The average molecular weight is 459 g/mol. The van der Waals surface area contributed by atoms with Crippen molar-refractivity contribution in [1.29, 1.82) is 0 Å². The van der Waals surface area contributed by atoms with Crippen LogP contribution in [0.2, 0.25) is 0 Å². The van der Waals surface area contributed by atoms with Crippen molar-refractivity contribution in [2.45, 2.75) is 25.9 Å². The van der Waals surface area contributed by atoms with Gasteiger partial charge in [0.2, 0.25) is 11.8 Å². The van der Waals surface area contributed by atoms with E-state index in [-0.39, 0.29) is 24.4 Å². The van der Waals surface area contributed by atoms with Crippen LogP contribution in [0.1, 0.15) is 25.3 Å². The van der Waals surface area contributed by atoms with Crippen molar-refractivity contribution in [3.63, 3.8) is 0 Å². The summed E-state index contributed by atoms with van der Waals surface area (Å²) in [5, 5.41) is 4.56. The fraction of sp³-hybridized carbons (Fsp3) is 0.263. The van der Waals surface area contributed by atoms with Gasteiger partial charge in [0.1, 0.15) is 5.75 Å². The van der Waals surface area contributed by atoms with Gasteiger partial charge < -0.3 is 15.4 Å². The Hall–Kier alpha value is -2.55. The van der Waals surface area contributed by atoms with Crippen molar-refractivity contribution < 1.29 is 27.5 Å². The van der Waals surface area contributed by atoms with Crippen LogP contribution in [0.25, 0.3) is 0 Å². The minimum Gasteiger partial charge on any atom is -0.494 e. The zero-order valence-electron chi connectivity index (χ0n) is 14.9. The molecule has 0 saturated carbocycles. The fourth-order valence-electron chi connectivity index (χ4n) is 2.34. The Morgan fingerprint density at radius 2 is 1.75 bits per heavy atom. The van der Waals surface area contributed by atoms with Crippen LogP contribution < -0.4 is 15.4 Å². The van der Waals surface area contributed by atoms with Gasteiger partial charge in [0.25, 0.3) is 0 Å². The smallest absolute Gasteiger partial charge is 0.418 e. The number of anilines is 2. The Kier molecular flexibility index (Phi) is 7.45. The van der Waals surface area contributed by atoms with Crippen LogP contribution in [-0.2, 0) is 15.8 Å². The van der Waals surface area contributed by atoms with Gasteiger partial charge in [0.15, 0.2) is 0 Å². The topological polar surface area (TPSA) is 67.4 Å². The maximum absolute atomic E-state index is 13.3. The molecule has 0 aromatic heterocycles. The van der Waals surface area contributed by atoms with Gasteiger partial charge in [0.05, 0.1) is 17.9 Å². The first kappa shape index (κ1) is 21.7. The molecule has 2 N–H and O–H groups in total. The summed E-state index contributed by atoms with van der Waals surface area (Å²) >= 11 is 3.30. The lowest BCUT2D eigenvalue weighted by molar-refractivity contribution is -0.137. The van der Waals surface area contributed by atoms with E-state index in [9.17, 15) is 22.8 Å². The zero-order chi connectivity index (χ0) is 20.7. The number of rotatable bonds is 7. The van der Waals surface area contributed by atoms with E-state index in [1.165, 1.54) is 13.0 Å². The summed E-state index contributed by atoms with van der Waals surface area (Å²) in [6, 6.07) is 10.3. The van der Waals surface area contributed by atoms with Crippen LogP contribution in [0.4, 0.5) is 24.5 Å². The van der Waals surface area contributed by atoms with E-state index in [4.69, 9.17) is 4.74 Å². The summed E-state index contributed by atoms with van der Waals surface area (Å²) in [6.07, 6.45) is -4.34. The largest absolute Gasteiger partial charge is 0.494 e. The summed E-state index contributed by atoms with van der Waals surface area (Å²) in [7, 11) is 0. The molecule has 0 aliphatic carbocycles. The predicted octanol–water partition coefficient (Wildman–Crippen LogP) is 5.22. The Morgan fingerprint density at radius 3 is 2.36 bits per heavy atom. The molecule has 0 aliphatic heterocycles. The molecule has 0 saturated heterocycles. The summed E-state index contributed by atoms with van der Waals surface area (Å²) in [4.78, 5) is 23.0. The van der Waals surface area contributed by atoms with E-state index in [0.29, 0.717) is 12.2 Å². The average Bonchev–Trinajstić information content (AvgIpc) is 2.60. The van der Waals surface area contributed by atoms with Crippen molar-refractivity contribution >= 4 is 39.1 Å². The molecule has 0 spiro atoms. The van der Waals surface area contributed by atoms with Gasteiger partial charge in [-0.2, -0.15) is 13.2 Å². The van der Waals surface area contributed by atoms with Gasteiger partial charge in [-0.1, -0.05) is 15.9 Å². The van der Waals surface area contributed by atoms with Crippen molar-refractivity contribution in [3.8, 4) is 5.75 Å². The van der Waals surface area contributed by atoms with E-state index in [1.54, 1.807) is 12.1 Å². The number of alkyl halides is 3. The molecule has 2 amide bonds. The second-order valence-corrected chi connectivity index (χ2v) is 6.81. The highest BCUT2D eigenvalue weighted by molar-refractivity contribution is 9.10. The summed E-state index contributed by atoms with van der Waals surface area (Å²) in [5.41, 5.74) is -1.39. The second-order valence-electron chi connectivity index (χ2n) is 5.89. The minimum atomic E-state index is -4.68. The van der Waals surface area contributed by atoms with Crippen LogP contribution in [0.3, 0.4) is 0 Å².